The van der Waals surface area contributed by atoms with Gasteiger partial charge in [0.25, 0.3) is 0 Å². The van der Waals surface area contributed by atoms with Crippen LogP contribution in [-0.4, -0.2) is 47.7 Å². The van der Waals surface area contributed by atoms with Gasteiger partial charge in [-0.15, -0.1) is 11.8 Å². The second-order valence-electron chi connectivity index (χ2n) is 6.29. The summed E-state index contributed by atoms with van der Waals surface area (Å²) in [6, 6.07) is 8.18. The topological polar surface area (TPSA) is 96.1 Å². The Labute approximate surface area is 159 Å². The molecule has 2 unspecified atom stereocenters. The van der Waals surface area contributed by atoms with Gasteiger partial charge in [-0.1, -0.05) is 29.8 Å². The van der Waals surface area contributed by atoms with E-state index in [1.54, 1.807) is 10.9 Å². The van der Waals surface area contributed by atoms with E-state index in [1.165, 1.54) is 17.3 Å². The second-order valence-corrected chi connectivity index (χ2v) is 7.78. The number of nitrogens with one attached hydrogen (secondary N) is 1. The van der Waals surface area contributed by atoms with Crippen molar-refractivity contribution in [3.8, 4) is 0 Å². The standard InChI is InChI=1S/C17H18ClN5O2S/c1-9-3-2-4-10(5-9)6-19-14-12-15(22-17(18)21-14)23(8-20-12)16-13(25)11(24)7-26-16/h2-5,8,11,13,16,24-25H,6-7H2,1H3,(H,19,21,22)/t11-,13?,16?/m0/s1. The van der Waals surface area contributed by atoms with Gasteiger partial charge < -0.3 is 15.5 Å². The molecule has 1 aliphatic heterocycles. The van der Waals surface area contributed by atoms with Gasteiger partial charge in [0.2, 0.25) is 5.28 Å². The quantitative estimate of drug-likeness (QED) is 0.587. The Hall–Kier alpha value is -1.87. The summed E-state index contributed by atoms with van der Waals surface area (Å²) >= 11 is 7.56. The van der Waals surface area contributed by atoms with Gasteiger partial charge in [-0.25, -0.2) is 4.98 Å². The highest BCUT2D eigenvalue weighted by Gasteiger charge is 2.36. The number of fused-ring (bicyclic) bond motifs is 1. The fourth-order valence-electron chi connectivity index (χ4n) is 3.04. The summed E-state index contributed by atoms with van der Waals surface area (Å²) in [7, 11) is 0. The van der Waals surface area contributed by atoms with Gasteiger partial charge in [0, 0.05) is 12.3 Å². The summed E-state index contributed by atoms with van der Waals surface area (Å²) in [5, 5.41) is 23.0. The molecule has 3 aromatic rings. The van der Waals surface area contributed by atoms with Gasteiger partial charge in [0.1, 0.15) is 11.5 Å². The molecule has 26 heavy (non-hydrogen) atoms. The molecule has 3 N–H and O–H groups in total. The number of nitrogens with zero attached hydrogens (tertiary/aromatic N) is 4. The predicted molar refractivity (Wildman–Crippen MR) is 102 cm³/mol. The highest BCUT2D eigenvalue weighted by atomic mass is 35.5. The minimum absolute atomic E-state index is 0.101. The van der Waals surface area contributed by atoms with Gasteiger partial charge in [-0.05, 0) is 24.1 Å². The van der Waals surface area contributed by atoms with E-state index in [4.69, 9.17) is 11.6 Å². The van der Waals surface area contributed by atoms with Crippen LogP contribution in [0.4, 0.5) is 5.82 Å². The van der Waals surface area contributed by atoms with Crippen molar-refractivity contribution in [1.29, 1.82) is 0 Å². The summed E-state index contributed by atoms with van der Waals surface area (Å²) in [4.78, 5) is 12.9. The molecule has 9 heteroatoms. The number of aryl methyl sites for hydroxylation is 1. The molecule has 0 saturated carbocycles. The number of aromatic nitrogens is 4. The fourth-order valence-corrected chi connectivity index (χ4v) is 4.49. The number of hydrogen-bond donors (Lipinski definition) is 3. The molecule has 1 aromatic carbocycles. The maximum Gasteiger partial charge on any atom is 0.226 e. The van der Waals surface area contributed by atoms with Crippen molar-refractivity contribution in [2.75, 3.05) is 11.1 Å². The van der Waals surface area contributed by atoms with Crippen LogP contribution in [-0.2, 0) is 6.54 Å². The van der Waals surface area contributed by atoms with Gasteiger partial charge >= 0.3 is 0 Å². The lowest BCUT2D eigenvalue weighted by Gasteiger charge is -2.17. The van der Waals surface area contributed by atoms with E-state index in [-0.39, 0.29) is 10.7 Å². The number of hydrogen-bond acceptors (Lipinski definition) is 7. The molecule has 0 spiro atoms. The molecule has 1 saturated heterocycles. The van der Waals surface area contributed by atoms with Crippen LogP contribution in [0.25, 0.3) is 11.2 Å². The van der Waals surface area contributed by atoms with E-state index in [2.05, 4.69) is 26.3 Å². The lowest BCUT2D eigenvalue weighted by molar-refractivity contribution is 0.0313. The average molecular weight is 392 g/mol. The number of rotatable bonds is 4. The van der Waals surface area contributed by atoms with Crippen LogP contribution in [0.1, 0.15) is 16.5 Å². The Morgan fingerprint density at radius 1 is 1.35 bits per heavy atom. The first kappa shape index (κ1) is 17.5. The third-order valence-electron chi connectivity index (χ3n) is 4.33. The number of anilines is 1. The number of imidazole rings is 1. The SMILES string of the molecule is Cc1cccc(CNc2nc(Cl)nc3c2ncn3C2SC[C@H](O)C2O)c1. The number of aliphatic hydroxyl groups is 2. The van der Waals surface area contributed by atoms with Gasteiger partial charge in [-0.3, -0.25) is 4.57 Å². The first-order valence-corrected chi connectivity index (χ1v) is 9.63. The van der Waals surface area contributed by atoms with Crippen LogP contribution >= 0.6 is 23.4 Å². The van der Waals surface area contributed by atoms with Crippen LogP contribution in [0.3, 0.4) is 0 Å². The monoisotopic (exact) mass is 391 g/mol. The molecule has 3 atom stereocenters. The van der Waals surface area contributed by atoms with Crippen molar-refractivity contribution >= 4 is 40.3 Å². The van der Waals surface area contributed by atoms with Crippen LogP contribution in [0.5, 0.6) is 0 Å². The maximum absolute atomic E-state index is 10.2. The largest absolute Gasteiger partial charge is 0.389 e. The normalized spacial score (nSPS) is 22.8. The molecule has 2 aromatic heterocycles. The lowest BCUT2D eigenvalue weighted by Crippen LogP contribution is -2.27. The van der Waals surface area contributed by atoms with Crippen LogP contribution < -0.4 is 5.32 Å². The number of aliphatic hydroxyl groups excluding tert-OH is 2. The molecule has 7 nitrogen and oxygen atoms in total. The summed E-state index contributed by atoms with van der Waals surface area (Å²) in [5.74, 6) is 1.00. The predicted octanol–water partition coefficient (Wildman–Crippen LogP) is 2.37. The highest BCUT2D eigenvalue weighted by Crippen LogP contribution is 2.38. The van der Waals surface area contributed by atoms with Crippen molar-refractivity contribution in [1.82, 2.24) is 19.5 Å². The number of thioether (sulfide) groups is 1. The average Bonchev–Trinajstić information content (AvgIpc) is 3.17. The smallest absolute Gasteiger partial charge is 0.226 e. The van der Waals surface area contributed by atoms with Crippen molar-refractivity contribution in [2.24, 2.45) is 0 Å². The molecule has 0 bridgehead atoms. The van der Waals surface area contributed by atoms with Crippen LogP contribution in [0, 0.1) is 6.92 Å². The van der Waals surface area contributed by atoms with Crippen LogP contribution in [0.2, 0.25) is 5.28 Å². The molecular formula is C17H18ClN5O2S. The second kappa shape index (κ2) is 7.03. The van der Waals surface area contributed by atoms with Crippen molar-refractivity contribution in [3.05, 3.63) is 47.0 Å². The minimum Gasteiger partial charge on any atom is -0.389 e. The Balaban J connectivity index is 1.66. The molecular weight excluding hydrogens is 374 g/mol. The zero-order valence-corrected chi connectivity index (χ0v) is 15.6. The highest BCUT2D eigenvalue weighted by molar-refractivity contribution is 7.99. The van der Waals surface area contributed by atoms with Crippen molar-refractivity contribution in [3.63, 3.8) is 0 Å². The molecule has 0 amide bonds. The van der Waals surface area contributed by atoms with Gasteiger partial charge in [0.05, 0.1) is 12.4 Å². The maximum atomic E-state index is 10.2. The zero-order valence-electron chi connectivity index (χ0n) is 14.0. The van der Waals surface area contributed by atoms with Crippen LogP contribution in [0.15, 0.2) is 30.6 Å². The molecule has 0 aliphatic carbocycles. The summed E-state index contributed by atoms with van der Waals surface area (Å²) in [6.07, 6.45) is -0.0413. The summed E-state index contributed by atoms with van der Waals surface area (Å²) < 4.78 is 1.74. The first-order valence-electron chi connectivity index (χ1n) is 8.20. The van der Waals surface area contributed by atoms with Crippen molar-refractivity contribution in [2.45, 2.75) is 31.1 Å². The van der Waals surface area contributed by atoms with E-state index < -0.39 is 12.2 Å². The molecule has 136 valence electrons. The van der Waals surface area contributed by atoms with E-state index in [0.29, 0.717) is 29.3 Å². The van der Waals surface area contributed by atoms with E-state index in [9.17, 15) is 10.2 Å². The third-order valence-corrected chi connectivity index (χ3v) is 5.89. The third kappa shape index (κ3) is 3.25. The first-order chi connectivity index (χ1) is 12.5. The molecule has 3 heterocycles. The van der Waals surface area contributed by atoms with E-state index >= 15 is 0 Å². The Morgan fingerprint density at radius 3 is 2.92 bits per heavy atom. The number of benzene rings is 1. The van der Waals surface area contributed by atoms with E-state index in [1.807, 2.05) is 25.1 Å². The molecule has 1 fully saturated rings. The fraction of sp³-hybridized carbons (Fsp3) is 0.353. The Bertz CT molecular complexity index is 950. The zero-order chi connectivity index (χ0) is 18.3. The Kier molecular flexibility index (Phi) is 4.74. The molecule has 0 radical (unpaired) electrons. The molecule has 4 rings (SSSR count). The van der Waals surface area contributed by atoms with E-state index in [0.717, 1.165) is 5.56 Å². The summed E-state index contributed by atoms with van der Waals surface area (Å²) in [5.41, 5.74) is 3.42. The lowest BCUT2D eigenvalue weighted by atomic mass is 10.1. The van der Waals surface area contributed by atoms with Crippen molar-refractivity contribution < 1.29 is 10.2 Å². The van der Waals surface area contributed by atoms with Gasteiger partial charge in [0.15, 0.2) is 17.0 Å². The Morgan fingerprint density at radius 2 is 2.19 bits per heavy atom. The van der Waals surface area contributed by atoms with Gasteiger partial charge in [-0.2, -0.15) is 9.97 Å². The summed E-state index contributed by atoms with van der Waals surface area (Å²) in [6.45, 7) is 2.63. The minimum atomic E-state index is -0.880. The number of halogens is 1. The molecule has 1 aliphatic rings.